The summed E-state index contributed by atoms with van der Waals surface area (Å²) in [5.41, 5.74) is 3.43. The molecule has 0 saturated carbocycles. The number of thiazole rings is 1. The molecule has 3 heterocycles. The predicted octanol–water partition coefficient (Wildman–Crippen LogP) is 3.83. The molecule has 7 heteroatoms. The number of pyridine rings is 1. The lowest BCUT2D eigenvalue weighted by Gasteiger charge is -2.13. The Balaban J connectivity index is 1.53. The summed E-state index contributed by atoms with van der Waals surface area (Å²) in [4.78, 5) is 22.3. The average molecular weight is 392 g/mol. The number of imidazole rings is 1. The molecule has 0 aliphatic heterocycles. The van der Waals surface area contributed by atoms with Gasteiger partial charge in [0.1, 0.15) is 11.4 Å². The van der Waals surface area contributed by atoms with Crippen molar-refractivity contribution in [3.8, 4) is 17.0 Å². The van der Waals surface area contributed by atoms with Crippen LogP contribution in [0.5, 0.6) is 5.75 Å². The van der Waals surface area contributed by atoms with Gasteiger partial charge < -0.3 is 10.1 Å². The van der Waals surface area contributed by atoms with Crippen LogP contribution in [0.1, 0.15) is 23.0 Å². The number of hydrogen-bond donors (Lipinski definition) is 1. The van der Waals surface area contributed by atoms with Crippen molar-refractivity contribution in [3.63, 3.8) is 0 Å². The second-order valence-electron chi connectivity index (χ2n) is 6.57. The summed E-state index contributed by atoms with van der Waals surface area (Å²) >= 11 is 1.45. The van der Waals surface area contributed by atoms with Gasteiger partial charge >= 0.3 is 0 Å². The van der Waals surface area contributed by atoms with Gasteiger partial charge in [-0.15, -0.1) is 11.3 Å². The SMILES string of the molecule is COc1cccc(-c2cn3c(C(=O)NC(C)Cc4cccnc4)csc3n2)c1. The zero-order valence-electron chi connectivity index (χ0n) is 15.6. The number of amides is 1. The van der Waals surface area contributed by atoms with Crippen LogP contribution in [-0.2, 0) is 6.42 Å². The Morgan fingerprint density at radius 2 is 2.21 bits per heavy atom. The molecule has 4 aromatic rings. The number of nitrogens with one attached hydrogen (secondary N) is 1. The quantitative estimate of drug-likeness (QED) is 0.542. The van der Waals surface area contributed by atoms with Crippen LogP contribution >= 0.6 is 11.3 Å². The van der Waals surface area contributed by atoms with Crippen molar-refractivity contribution in [1.29, 1.82) is 0 Å². The molecule has 0 spiro atoms. The lowest BCUT2D eigenvalue weighted by atomic mass is 10.1. The van der Waals surface area contributed by atoms with E-state index in [1.165, 1.54) is 11.3 Å². The molecule has 4 rings (SSSR count). The van der Waals surface area contributed by atoms with E-state index in [4.69, 9.17) is 4.74 Å². The van der Waals surface area contributed by atoms with Crippen LogP contribution in [0.2, 0.25) is 0 Å². The molecule has 0 saturated heterocycles. The van der Waals surface area contributed by atoms with E-state index in [9.17, 15) is 4.79 Å². The van der Waals surface area contributed by atoms with Crippen LogP contribution in [0.3, 0.4) is 0 Å². The summed E-state index contributed by atoms with van der Waals surface area (Å²) in [6.45, 7) is 1.99. The summed E-state index contributed by atoms with van der Waals surface area (Å²) in [6.07, 6.45) is 6.18. The molecule has 0 radical (unpaired) electrons. The Morgan fingerprint density at radius 1 is 1.32 bits per heavy atom. The number of benzene rings is 1. The van der Waals surface area contributed by atoms with Crippen molar-refractivity contribution in [3.05, 3.63) is 71.6 Å². The fourth-order valence-corrected chi connectivity index (χ4v) is 3.94. The smallest absolute Gasteiger partial charge is 0.269 e. The first-order valence-electron chi connectivity index (χ1n) is 8.95. The van der Waals surface area contributed by atoms with Gasteiger partial charge in [-0.05, 0) is 37.1 Å². The zero-order chi connectivity index (χ0) is 19.5. The van der Waals surface area contributed by atoms with E-state index < -0.39 is 0 Å². The molecule has 28 heavy (non-hydrogen) atoms. The highest BCUT2D eigenvalue weighted by Crippen LogP contribution is 2.26. The fourth-order valence-electron chi connectivity index (χ4n) is 3.09. The third-order valence-corrected chi connectivity index (χ3v) is 5.29. The summed E-state index contributed by atoms with van der Waals surface area (Å²) in [7, 11) is 1.64. The average Bonchev–Trinajstić information content (AvgIpc) is 3.29. The van der Waals surface area contributed by atoms with Gasteiger partial charge in [0, 0.05) is 35.6 Å². The van der Waals surface area contributed by atoms with Gasteiger partial charge in [0.2, 0.25) is 0 Å². The third kappa shape index (κ3) is 3.75. The molecule has 1 unspecified atom stereocenters. The van der Waals surface area contributed by atoms with Gasteiger partial charge in [-0.3, -0.25) is 14.2 Å². The van der Waals surface area contributed by atoms with Gasteiger partial charge in [-0.1, -0.05) is 18.2 Å². The highest BCUT2D eigenvalue weighted by molar-refractivity contribution is 7.15. The lowest BCUT2D eigenvalue weighted by molar-refractivity contribution is 0.0934. The Morgan fingerprint density at radius 3 is 3.00 bits per heavy atom. The summed E-state index contributed by atoms with van der Waals surface area (Å²) in [6, 6.07) is 11.6. The topological polar surface area (TPSA) is 68.5 Å². The van der Waals surface area contributed by atoms with E-state index in [2.05, 4.69) is 15.3 Å². The second-order valence-corrected chi connectivity index (χ2v) is 7.41. The summed E-state index contributed by atoms with van der Waals surface area (Å²) in [5.74, 6) is 0.660. The van der Waals surface area contributed by atoms with Crippen molar-refractivity contribution in [1.82, 2.24) is 19.7 Å². The van der Waals surface area contributed by atoms with Crippen molar-refractivity contribution in [2.24, 2.45) is 0 Å². The largest absolute Gasteiger partial charge is 0.497 e. The second kappa shape index (κ2) is 7.82. The van der Waals surface area contributed by atoms with E-state index >= 15 is 0 Å². The molecule has 1 N–H and O–H groups in total. The van der Waals surface area contributed by atoms with Crippen LogP contribution in [0, 0.1) is 0 Å². The van der Waals surface area contributed by atoms with Crippen LogP contribution in [0.15, 0.2) is 60.4 Å². The maximum atomic E-state index is 12.8. The Labute approximate surface area is 166 Å². The number of carbonyl (C=O) groups is 1. The van der Waals surface area contributed by atoms with Gasteiger partial charge in [-0.25, -0.2) is 4.98 Å². The van der Waals surface area contributed by atoms with Crippen molar-refractivity contribution in [2.75, 3.05) is 7.11 Å². The monoisotopic (exact) mass is 392 g/mol. The Kier molecular flexibility index (Phi) is 5.08. The van der Waals surface area contributed by atoms with Crippen LogP contribution < -0.4 is 10.1 Å². The number of ether oxygens (including phenoxy) is 1. The normalized spacial score (nSPS) is 12.1. The standard InChI is InChI=1S/C21H20N4O2S/c1-14(9-15-5-4-8-22-11-15)23-20(26)19-13-28-21-24-18(12-25(19)21)16-6-3-7-17(10-16)27-2/h3-8,10-14H,9H2,1-2H3,(H,23,26). The number of fused-ring (bicyclic) bond motifs is 1. The predicted molar refractivity (Wildman–Crippen MR) is 110 cm³/mol. The number of carbonyl (C=O) groups excluding carboxylic acids is 1. The van der Waals surface area contributed by atoms with Crippen LogP contribution in [0.4, 0.5) is 0 Å². The fraction of sp³-hybridized carbons (Fsp3) is 0.190. The first-order chi connectivity index (χ1) is 13.6. The van der Waals surface area contributed by atoms with Crippen LogP contribution in [0.25, 0.3) is 16.2 Å². The molecule has 1 amide bonds. The molecule has 1 atom stereocenters. The molecule has 0 bridgehead atoms. The minimum absolute atomic E-state index is 0.00646. The van der Waals surface area contributed by atoms with Gasteiger partial charge in [-0.2, -0.15) is 0 Å². The molecular weight excluding hydrogens is 372 g/mol. The molecule has 0 aliphatic rings. The Bertz CT molecular complexity index is 1100. The lowest BCUT2D eigenvalue weighted by Crippen LogP contribution is -2.34. The molecule has 3 aromatic heterocycles. The van der Waals surface area contributed by atoms with E-state index in [-0.39, 0.29) is 11.9 Å². The van der Waals surface area contributed by atoms with Gasteiger partial charge in [0.05, 0.1) is 12.8 Å². The molecular formula is C21H20N4O2S. The highest BCUT2D eigenvalue weighted by atomic mass is 32.1. The number of methoxy groups -OCH3 is 1. The summed E-state index contributed by atoms with van der Waals surface area (Å²) in [5, 5.41) is 4.90. The molecule has 0 aliphatic carbocycles. The highest BCUT2D eigenvalue weighted by Gasteiger charge is 2.17. The van der Waals surface area contributed by atoms with E-state index in [0.29, 0.717) is 5.69 Å². The first kappa shape index (κ1) is 18.2. The molecule has 142 valence electrons. The van der Waals surface area contributed by atoms with E-state index in [0.717, 1.165) is 34.0 Å². The minimum atomic E-state index is -0.114. The minimum Gasteiger partial charge on any atom is -0.497 e. The van der Waals surface area contributed by atoms with Crippen molar-refractivity contribution in [2.45, 2.75) is 19.4 Å². The zero-order valence-corrected chi connectivity index (χ0v) is 16.4. The van der Waals surface area contributed by atoms with Crippen LogP contribution in [-0.4, -0.2) is 33.4 Å². The van der Waals surface area contributed by atoms with Gasteiger partial charge in [0.25, 0.3) is 5.91 Å². The number of aromatic nitrogens is 3. The van der Waals surface area contributed by atoms with E-state index in [1.54, 1.807) is 13.3 Å². The maximum absolute atomic E-state index is 12.8. The van der Waals surface area contributed by atoms with Crippen molar-refractivity contribution < 1.29 is 9.53 Å². The number of rotatable bonds is 6. The van der Waals surface area contributed by atoms with E-state index in [1.807, 2.05) is 65.5 Å². The maximum Gasteiger partial charge on any atom is 0.269 e. The molecule has 6 nitrogen and oxygen atoms in total. The first-order valence-corrected chi connectivity index (χ1v) is 9.83. The number of hydrogen-bond acceptors (Lipinski definition) is 5. The molecule has 1 aromatic carbocycles. The van der Waals surface area contributed by atoms with Crippen molar-refractivity contribution >= 4 is 22.2 Å². The summed E-state index contributed by atoms with van der Waals surface area (Å²) < 4.78 is 7.12. The molecule has 0 fully saturated rings. The third-order valence-electron chi connectivity index (χ3n) is 4.45. The Hall–Kier alpha value is -3.19. The number of nitrogens with zero attached hydrogens (tertiary/aromatic N) is 3. The van der Waals surface area contributed by atoms with Gasteiger partial charge in [0.15, 0.2) is 4.96 Å².